The highest BCUT2D eigenvalue weighted by Gasteiger charge is 2.41. The van der Waals surface area contributed by atoms with Crippen molar-refractivity contribution in [1.82, 2.24) is 0 Å². The Kier molecular flexibility index (Phi) is 8.12. The van der Waals surface area contributed by atoms with Crippen molar-refractivity contribution in [3.8, 4) is 11.5 Å². The van der Waals surface area contributed by atoms with Gasteiger partial charge in [0.2, 0.25) is 0 Å². The Hall–Kier alpha value is -5.04. The molecule has 0 N–H and O–H groups in total. The summed E-state index contributed by atoms with van der Waals surface area (Å²) in [4.78, 5) is 57.7. The van der Waals surface area contributed by atoms with Crippen molar-refractivity contribution in [2.45, 2.75) is 79.1 Å². The highest BCUT2D eigenvalue weighted by molar-refractivity contribution is 6.36. The van der Waals surface area contributed by atoms with E-state index in [4.69, 9.17) is 4.74 Å². The number of amides is 4. The lowest BCUT2D eigenvalue weighted by Gasteiger charge is -2.25. The largest absolute Gasteiger partial charge is 0.457 e. The Morgan fingerprint density at radius 3 is 1.02 bits per heavy atom. The molecule has 2 aliphatic heterocycles. The van der Waals surface area contributed by atoms with Gasteiger partial charge in [-0.3, -0.25) is 19.2 Å². The minimum atomic E-state index is -0.402. The molecule has 2 aliphatic rings. The van der Waals surface area contributed by atoms with Crippen LogP contribution < -0.4 is 14.5 Å². The topological polar surface area (TPSA) is 84.0 Å². The molecule has 4 aromatic carbocycles. The zero-order valence-corrected chi connectivity index (χ0v) is 28.2. The zero-order valence-electron chi connectivity index (χ0n) is 28.2. The molecule has 240 valence electrons. The first-order valence-corrected chi connectivity index (χ1v) is 16.3. The number of imide groups is 2. The summed E-state index contributed by atoms with van der Waals surface area (Å²) in [5.41, 5.74) is 6.17. The van der Waals surface area contributed by atoms with Crippen LogP contribution in [0.2, 0.25) is 0 Å². The van der Waals surface area contributed by atoms with Crippen LogP contribution in [-0.4, -0.2) is 23.6 Å². The summed E-state index contributed by atoms with van der Waals surface area (Å²) < 4.78 is 6.16. The van der Waals surface area contributed by atoms with E-state index < -0.39 is 11.8 Å². The van der Waals surface area contributed by atoms with E-state index in [2.05, 4.69) is 0 Å². The van der Waals surface area contributed by atoms with E-state index in [0.29, 0.717) is 34.0 Å². The first-order chi connectivity index (χ1) is 22.3. The molecule has 0 aromatic heterocycles. The molecule has 47 heavy (non-hydrogen) atoms. The fourth-order valence-corrected chi connectivity index (χ4v) is 6.65. The minimum absolute atomic E-state index is 0.105. The lowest BCUT2D eigenvalue weighted by molar-refractivity contribution is 0.0909. The van der Waals surface area contributed by atoms with Crippen LogP contribution in [0, 0.1) is 0 Å². The fraction of sp³-hybridized carbons (Fsp3) is 0.300. The van der Waals surface area contributed by atoms with E-state index in [1.807, 2.05) is 91.8 Å². The second-order valence-corrected chi connectivity index (χ2v) is 13.6. The summed E-state index contributed by atoms with van der Waals surface area (Å²) in [6, 6.07) is 21.5. The number of hydrogen-bond acceptors (Lipinski definition) is 5. The van der Waals surface area contributed by atoms with Crippen LogP contribution >= 0.6 is 0 Å². The van der Waals surface area contributed by atoms with E-state index >= 15 is 0 Å². The quantitative estimate of drug-likeness (QED) is 0.182. The lowest BCUT2D eigenvalue weighted by Crippen LogP contribution is -2.31. The van der Waals surface area contributed by atoms with Gasteiger partial charge in [0, 0.05) is 0 Å². The van der Waals surface area contributed by atoms with Crippen LogP contribution in [0.25, 0.3) is 0 Å². The molecular weight excluding hydrogens is 588 g/mol. The van der Waals surface area contributed by atoms with Crippen LogP contribution in [0.3, 0.4) is 0 Å². The van der Waals surface area contributed by atoms with E-state index in [0.717, 1.165) is 22.3 Å². The van der Waals surface area contributed by atoms with Crippen molar-refractivity contribution in [3.05, 3.63) is 117 Å². The Labute approximate surface area is 276 Å². The minimum Gasteiger partial charge on any atom is -0.457 e. The Morgan fingerprint density at radius 2 is 0.723 bits per heavy atom. The van der Waals surface area contributed by atoms with Crippen LogP contribution in [0.15, 0.2) is 72.8 Å². The van der Waals surface area contributed by atoms with Crippen LogP contribution in [0.5, 0.6) is 11.5 Å². The molecule has 0 unspecified atom stereocenters. The Morgan fingerprint density at radius 1 is 0.426 bits per heavy atom. The average Bonchev–Trinajstić information content (AvgIpc) is 3.42. The molecule has 0 aliphatic carbocycles. The molecule has 0 atom stereocenters. The summed E-state index contributed by atoms with van der Waals surface area (Å²) in [6.45, 7) is 16.4. The summed E-state index contributed by atoms with van der Waals surface area (Å²) in [5.74, 6) is -0.433. The monoisotopic (exact) mass is 628 g/mol. The first-order valence-electron chi connectivity index (χ1n) is 16.3. The molecule has 4 aromatic rings. The molecule has 7 nitrogen and oxygen atoms in total. The van der Waals surface area contributed by atoms with Gasteiger partial charge in [-0.15, -0.1) is 0 Å². The van der Waals surface area contributed by atoms with Crippen molar-refractivity contribution >= 4 is 35.0 Å². The predicted octanol–water partition coefficient (Wildman–Crippen LogP) is 9.57. The number of fused-ring (bicyclic) bond motifs is 2. The molecule has 2 heterocycles. The predicted molar refractivity (Wildman–Crippen MR) is 184 cm³/mol. The van der Waals surface area contributed by atoms with Gasteiger partial charge in [-0.2, -0.15) is 0 Å². The van der Waals surface area contributed by atoms with E-state index in [1.165, 1.54) is 9.80 Å². The molecule has 0 saturated carbocycles. The number of carbonyl (C=O) groups is 4. The van der Waals surface area contributed by atoms with Gasteiger partial charge in [0.15, 0.2) is 0 Å². The summed E-state index contributed by atoms with van der Waals surface area (Å²) >= 11 is 0. The zero-order chi connectivity index (χ0) is 33.9. The number of anilines is 2. The van der Waals surface area contributed by atoms with Gasteiger partial charge in [0.05, 0.1) is 33.6 Å². The molecule has 0 radical (unpaired) electrons. The lowest BCUT2D eigenvalue weighted by atomic mass is 9.92. The molecule has 0 bridgehead atoms. The van der Waals surface area contributed by atoms with E-state index in [9.17, 15) is 19.2 Å². The number of para-hydroxylation sites is 2. The first kappa shape index (κ1) is 31.9. The molecule has 0 fully saturated rings. The smallest absolute Gasteiger partial charge is 0.266 e. The van der Waals surface area contributed by atoms with Crippen molar-refractivity contribution in [3.63, 3.8) is 0 Å². The number of rotatable bonds is 8. The van der Waals surface area contributed by atoms with E-state index in [1.54, 1.807) is 36.4 Å². The van der Waals surface area contributed by atoms with Gasteiger partial charge in [0.1, 0.15) is 11.5 Å². The SMILES string of the molecule is CC(C)c1cccc(C(C)C)c1N1C(=O)c2ccc(Oc3ccc4c(c3)C(=O)N(c3c(C(C)C)cccc3C(C)C)C4=O)cc2C1=O. The normalized spacial score (nSPS) is 14.4. The Bertz CT molecular complexity index is 1780. The second-order valence-electron chi connectivity index (χ2n) is 13.6. The maximum Gasteiger partial charge on any atom is 0.266 e. The van der Waals surface area contributed by atoms with Crippen LogP contribution in [-0.2, 0) is 0 Å². The molecule has 7 heteroatoms. The van der Waals surface area contributed by atoms with E-state index in [-0.39, 0.29) is 46.6 Å². The van der Waals surface area contributed by atoms with Gasteiger partial charge >= 0.3 is 0 Å². The van der Waals surface area contributed by atoms with Gasteiger partial charge in [-0.05, 0) is 82.3 Å². The van der Waals surface area contributed by atoms with Gasteiger partial charge < -0.3 is 4.74 Å². The third kappa shape index (κ3) is 5.24. The number of ether oxygens (including phenoxy) is 1. The van der Waals surface area contributed by atoms with Crippen LogP contribution in [0.4, 0.5) is 11.4 Å². The molecule has 0 saturated heterocycles. The highest BCUT2D eigenvalue weighted by Crippen LogP contribution is 2.42. The van der Waals surface area contributed by atoms with Gasteiger partial charge in [-0.25, -0.2) is 9.80 Å². The average molecular weight is 629 g/mol. The summed E-state index contributed by atoms with van der Waals surface area (Å²) in [6.07, 6.45) is 0. The number of hydrogen-bond donors (Lipinski definition) is 0. The molecule has 6 rings (SSSR count). The number of nitrogens with zero attached hydrogens (tertiary/aromatic N) is 2. The van der Waals surface area contributed by atoms with Gasteiger partial charge in [-0.1, -0.05) is 91.8 Å². The van der Waals surface area contributed by atoms with Crippen LogP contribution in [0.1, 0.15) is 143 Å². The second kappa shape index (κ2) is 12.0. The third-order valence-electron chi connectivity index (χ3n) is 9.08. The number of benzene rings is 4. The van der Waals surface area contributed by atoms with Crippen molar-refractivity contribution in [2.75, 3.05) is 9.80 Å². The number of carbonyl (C=O) groups excluding carboxylic acids is 4. The fourth-order valence-electron chi connectivity index (χ4n) is 6.65. The maximum atomic E-state index is 13.9. The van der Waals surface area contributed by atoms with Crippen molar-refractivity contribution in [2.24, 2.45) is 0 Å². The van der Waals surface area contributed by atoms with Crippen molar-refractivity contribution in [1.29, 1.82) is 0 Å². The standard InChI is InChI=1S/C40H40N2O5/c1-21(2)27-11-9-12-28(22(3)4)35(27)41-37(43)31-17-15-25(19-33(31)39(41)45)47-26-16-18-32-34(20-26)40(46)42(38(32)44)36-29(23(5)6)13-10-14-30(36)24(7)8/h9-24H,1-8H3. The third-order valence-corrected chi connectivity index (χ3v) is 9.08. The van der Waals surface area contributed by atoms with Crippen molar-refractivity contribution < 1.29 is 23.9 Å². The summed E-state index contributed by atoms with van der Waals surface area (Å²) in [5, 5.41) is 0. The molecule has 4 amide bonds. The van der Waals surface area contributed by atoms with Gasteiger partial charge in [0.25, 0.3) is 23.6 Å². The molecule has 0 spiro atoms. The summed E-state index contributed by atoms with van der Waals surface area (Å²) in [7, 11) is 0. The molecular formula is C40H40N2O5. The highest BCUT2D eigenvalue weighted by atomic mass is 16.5. The Balaban J connectivity index is 1.32. The maximum absolute atomic E-state index is 13.9.